The summed E-state index contributed by atoms with van der Waals surface area (Å²) in [5, 5.41) is 3.51. The molecule has 1 aliphatic rings. The molecule has 1 saturated carbocycles. The maximum atomic E-state index is 5.40. The lowest BCUT2D eigenvalue weighted by Crippen LogP contribution is -2.44. The molecule has 0 aromatic heterocycles. The second kappa shape index (κ2) is 6.07. The fraction of sp³-hybridized carbons (Fsp3) is 0.571. The van der Waals surface area contributed by atoms with Gasteiger partial charge in [-0.2, -0.15) is 0 Å². The summed E-state index contributed by atoms with van der Waals surface area (Å²) in [6, 6.07) is 6.50. The van der Waals surface area contributed by atoms with E-state index in [1.54, 1.807) is 21.3 Å². The summed E-state index contributed by atoms with van der Waals surface area (Å²) in [4.78, 5) is 0. The summed E-state index contributed by atoms with van der Waals surface area (Å²) in [7, 11) is 5.10. The number of para-hydroxylation sites is 1. The molecule has 0 saturated heterocycles. The van der Waals surface area contributed by atoms with Crippen LogP contribution in [-0.4, -0.2) is 33.5 Å². The fourth-order valence-electron chi connectivity index (χ4n) is 2.27. The average molecular weight is 251 g/mol. The standard InChI is InChI=1S/C14H21NO3/c1-16-12-7-11(8-12)15-9-10-5-4-6-13(17-2)14(10)18-3/h4-6,11-12,15H,7-9H2,1-3H3. The SMILES string of the molecule is COc1cccc(CNC2CC(OC)C2)c1OC. The Morgan fingerprint density at radius 3 is 2.56 bits per heavy atom. The molecule has 0 aliphatic heterocycles. The highest BCUT2D eigenvalue weighted by Crippen LogP contribution is 2.31. The van der Waals surface area contributed by atoms with Crippen LogP contribution in [0, 0.1) is 0 Å². The predicted octanol–water partition coefficient (Wildman–Crippen LogP) is 1.97. The van der Waals surface area contributed by atoms with Gasteiger partial charge in [0.25, 0.3) is 0 Å². The Balaban J connectivity index is 1.93. The van der Waals surface area contributed by atoms with Gasteiger partial charge in [-0.05, 0) is 18.9 Å². The second-order valence-electron chi connectivity index (χ2n) is 4.56. The zero-order chi connectivity index (χ0) is 13.0. The summed E-state index contributed by atoms with van der Waals surface area (Å²) in [5.41, 5.74) is 1.12. The molecule has 1 aliphatic carbocycles. The van der Waals surface area contributed by atoms with Crippen LogP contribution >= 0.6 is 0 Å². The van der Waals surface area contributed by atoms with Crippen molar-refractivity contribution in [2.24, 2.45) is 0 Å². The second-order valence-corrected chi connectivity index (χ2v) is 4.56. The van der Waals surface area contributed by atoms with E-state index in [4.69, 9.17) is 14.2 Å². The van der Waals surface area contributed by atoms with Gasteiger partial charge in [0.15, 0.2) is 11.5 Å². The molecule has 100 valence electrons. The van der Waals surface area contributed by atoms with E-state index in [0.717, 1.165) is 36.4 Å². The number of methoxy groups -OCH3 is 3. The molecule has 1 fully saturated rings. The minimum Gasteiger partial charge on any atom is -0.493 e. The lowest BCUT2D eigenvalue weighted by atomic mass is 9.89. The third-order valence-electron chi connectivity index (χ3n) is 3.49. The lowest BCUT2D eigenvalue weighted by molar-refractivity contribution is 0.0169. The lowest BCUT2D eigenvalue weighted by Gasteiger charge is -2.35. The largest absolute Gasteiger partial charge is 0.493 e. The van der Waals surface area contributed by atoms with Gasteiger partial charge in [0.05, 0.1) is 20.3 Å². The molecule has 1 N–H and O–H groups in total. The Morgan fingerprint density at radius 2 is 1.94 bits per heavy atom. The highest BCUT2D eigenvalue weighted by Gasteiger charge is 2.28. The van der Waals surface area contributed by atoms with E-state index >= 15 is 0 Å². The van der Waals surface area contributed by atoms with Crippen molar-refractivity contribution in [3.63, 3.8) is 0 Å². The quantitative estimate of drug-likeness (QED) is 0.839. The minimum atomic E-state index is 0.426. The van der Waals surface area contributed by atoms with Gasteiger partial charge in [0.1, 0.15) is 0 Å². The molecule has 2 rings (SSSR count). The van der Waals surface area contributed by atoms with Gasteiger partial charge in [0, 0.05) is 25.3 Å². The van der Waals surface area contributed by atoms with Gasteiger partial charge in [-0.3, -0.25) is 0 Å². The molecule has 0 radical (unpaired) electrons. The van der Waals surface area contributed by atoms with Gasteiger partial charge in [-0.1, -0.05) is 12.1 Å². The first-order chi connectivity index (χ1) is 8.78. The third-order valence-corrected chi connectivity index (χ3v) is 3.49. The van der Waals surface area contributed by atoms with Crippen molar-refractivity contribution in [1.29, 1.82) is 0 Å². The zero-order valence-corrected chi connectivity index (χ0v) is 11.2. The molecule has 0 heterocycles. The smallest absolute Gasteiger partial charge is 0.165 e. The van der Waals surface area contributed by atoms with Crippen molar-refractivity contribution in [2.45, 2.75) is 31.5 Å². The first-order valence-electron chi connectivity index (χ1n) is 6.24. The van der Waals surface area contributed by atoms with E-state index in [1.807, 2.05) is 12.1 Å². The summed E-state index contributed by atoms with van der Waals surface area (Å²) in [5.74, 6) is 1.59. The predicted molar refractivity (Wildman–Crippen MR) is 70.2 cm³/mol. The minimum absolute atomic E-state index is 0.426. The summed E-state index contributed by atoms with van der Waals surface area (Å²) in [6.07, 6.45) is 2.60. The van der Waals surface area contributed by atoms with Gasteiger partial charge in [0.2, 0.25) is 0 Å². The van der Waals surface area contributed by atoms with Crippen LogP contribution < -0.4 is 14.8 Å². The Hall–Kier alpha value is -1.26. The van der Waals surface area contributed by atoms with E-state index in [2.05, 4.69) is 11.4 Å². The third kappa shape index (κ3) is 2.76. The number of ether oxygens (including phenoxy) is 3. The van der Waals surface area contributed by atoms with Crippen molar-refractivity contribution in [3.05, 3.63) is 23.8 Å². The maximum Gasteiger partial charge on any atom is 0.165 e. The van der Waals surface area contributed by atoms with Crippen molar-refractivity contribution in [3.8, 4) is 11.5 Å². The molecule has 1 aromatic rings. The van der Waals surface area contributed by atoms with Crippen LogP contribution in [0.3, 0.4) is 0 Å². The van der Waals surface area contributed by atoms with E-state index in [1.165, 1.54) is 0 Å². The highest BCUT2D eigenvalue weighted by molar-refractivity contribution is 5.46. The van der Waals surface area contributed by atoms with Gasteiger partial charge in [-0.25, -0.2) is 0 Å². The van der Waals surface area contributed by atoms with E-state index in [9.17, 15) is 0 Å². The number of hydrogen-bond acceptors (Lipinski definition) is 4. The average Bonchev–Trinajstić information content (AvgIpc) is 2.36. The molecule has 0 unspecified atom stereocenters. The molecule has 4 nitrogen and oxygen atoms in total. The topological polar surface area (TPSA) is 39.7 Å². The normalized spacial score (nSPS) is 22.4. The van der Waals surface area contributed by atoms with Gasteiger partial charge < -0.3 is 19.5 Å². The number of rotatable bonds is 6. The fourth-order valence-corrected chi connectivity index (χ4v) is 2.27. The summed E-state index contributed by atoms with van der Waals surface area (Å²) in [6.45, 7) is 0.793. The molecule has 1 aromatic carbocycles. The first kappa shape index (κ1) is 13.2. The molecule has 0 amide bonds. The van der Waals surface area contributed by atoms with Crippen LogP contribution in [0.4, 0.5) is 0 Å². The number of nitrogens with one attached hydrogen (secondary N) is 1. The molecule has 4 heteroatoms. The highest BCUT2D eigenvalue weighted by atomic mass is 16.5. The van der Waals surface area contributed by atoms with Gasteiger partial charge in [-0.15, -0.1) is 0 Å². The van der Waals surface area contributed by atoms with Crippen LogP contribution in [-0.2, 0) is 11.3 Å². The van der Waals surface area contributed by atoms with Crippen LogP contribution in [0.25, 0.3) is 0 Å². The first-order valence-corrected chi connectivity index (χ1v) is 6.24. The van der Waals surface area contributed by atoms with Crippen molar-refractivity contribution in [2.75, 3.05) is 21.3 Å². The number of benzene rings is 1. The van der Waals surface area contributed by atoms with E-state index < -0.39 is 0 Å². The van der Waals surface area contributed by atoms with Gasteiger partial charge >= 0.3 is 0 Å². The van der Waals surface area contributed by atoms with E-state index in [0.29, 0.717) is 12.1 Å². The van der Waals surface area contributed by atoms with Crippen LogP contribution in [0.15, 0.2) is 18.2 Å². The summed E-state index contributed by atoms with van der Waals surface area (Å²) < 4.78 is 16.0. The Morgan fingerprint density at radius 1 is 1.17 bits per heavy atom. The molecule has 0 atom stereocenters. The Labute approximate surface area is 108 Å². The van der Waals surface area contributed by atoms with Crippen LogP contribution in [0.2, 0.25) is 0 Å². The van der Waals surface area contributed by atoms with Crippen molar-refractivity contribution < 1.29 is 14.2 Å². The van der Waals surface area contributed by atoms with Crippen LogP contribution in [0.5, 0.6) is 11.5 Å². The monoisotopic (exact) mass is 251 g/mol. The van der Waals surface area contributed by atoms with E-state index in [-0.39, 0.29) is 0 Å². The molecule has 0 spiro atoms. The summed E-state index contributed by atoms with van der Waals surface area (Å²) >= 11 is 0. The van der Waals surface area contributed by atoms with Crippen molar-refractivity contribution >= 4 is 0 Å². The maximum absolute atomic E-state index is 5.40. The van der Waals surface area contributed by atoms with Crippen LogP contribution in [0.1, 0.15) is 18.4 Å². The number of hydrogen-bond donors (Lipinski definition) is 1. The molecular weight excluding hydrogens is 230 g/mol. The molecule has 0 bridgehead atoms. The zero-order valence-electron chi connectivity index (χ0n) is 11.2. The Kier molecular flexibility index (Phi) is 4.44. The molecular formula is C14H21NO3. The Bertz CT molecular complexity index is 389. The molecule has 18 heavy (non-hydrogen) atoms. The van der Waals surface area contributed by atoms with Crippen molar-refractivity contribution in [1.82, 2.24) is 5.32 Å².